The molecule has 1 aliphatic heterocycles. The summed E-state index contributed by atoms with van der Waals surface area (Å²) >= 11 is 1.54. The number of furan rings is 1. The van der Waals surface area contributed by atoms with Gasteiger partial charge in [-0.1, -0.05) is 24.3 Å². The highest BCUT2D eigenvalue weighted by Crippen LogP contribution is 2.45. The van der Waals surface area contributed by atoms with Crippen LogP contribution in [0.25, 0.3) is 0 Å². The number of para-hydroxylation sites is 2. The molecule has 0 saturated carbocycles. The number of ether oxygens (including phenoxy) is 1. The van der Waals surface area contributed by atoms with Crippen molar-refractivity contribution in [2.75, 3.05) is 23.4 Å². The smallest absolute Gasteiger partial charge is 0.340 e. The van der Waals surface area contributed by atoms with Crippen molar-refractivity contribution in [2.24, 2.45) is 0 Å². The molecule has 2 amide bonds. The van der Waals surface area contributed by atoms with Crippen LogP contribution in [0, 0.1) is 0 Å². The molecule has 0 bridgehead atoms. The topological polar surface area (TPSA) is 88.9 Å². The van der Waals surface area contributed by atoms with Crippen LogP contribution in [0.3, 0.4) is 0 Å². The molecular formula is C24H22N2O5S. The Morgan fingerprint density at radius 2 is 1.91 bits per heavy atom. The molecule has 3 aromatic rings. The highest BCUT2D eigenvalue weighted by atomic mass is 32.2. The number of thioether (sulfide) groups is 1. The molecule has 1 N–H and O–H groups in total. The maximum Gasteiger partial charge on any atom is 0.340 e. The number of nitrogens with one attached hydrogen (secondary N) is 1. The summed E-state index contributed by atoms with van der Waals surface area (Å²) in [5.41, 5.74) is 1.28. The zero-order chi connectivity index (χ0) is 22.5. The second kappa shape index (κ2) is 9.74. The summed E-state index contributed by atoms with van der Waals surface area (Å²) in [6.45, 7) is 1.77. The monoisotopic (exact) mass is 450 g/mol. The average Bonchev–Trinajstić information content (AvgIpc) is 3.29. The van der Waals surface area contributed by atoms with E-state index in [0.717, 1.165) is 4.90 Å². The van der Waals surface area contributed by atoms with Gasteiger partial charge in [0.15, 0.2) is 0 Å². The van der Waals surface area contributed by atoms with Crippen LogP contribution in [0.4, 0.5) is 11.4 Å². The van der Waals surface area contributed by atoms with Crippen molar-refractivity contribution < 1.29 is 23.5 Å². The zero-order valence-electron chi connectivity index (χ0n) is 17.4. The van der Waals surface area contributed by atoms with Crippen LogP contribution in [0.5, 0.6) is 0 Å². The molecule has 2 aromatic carbocycles. The molecule has 1 aromatic heterocycles. The number of hydrogen-bond donors (Lipinski definition) is 1. The molecule has 0 fully saturated rings. The van der Waals surface area contributed by atoms with Gasteiger partial charge in [0.05, 0.1) is 35.1 Å². The minimum absolute atomic E-state index is 0.182. The molecule has 0 aliphatic carbocycles. The highest BCUT2D eigenvalue weighted by Gasteiger charge is 2.31. The molecule has 1 atom stereocenters. The number of anilines is 2. The molecule has 0 saturated heterocycles. The van der Waals surface area contributed by atoms with Crippen LogP contribution in [0.2, 0.25) is 0 Å². The first-order valence-corrected chi connectivity index (χ1v) is 11.1. The van der Waals surface area contributed by atoms with Gasteiger partial charge < -0.3 is 19.4 Å². The van der Waals surface area contributed by atoms with Gasteiger partial charge in [-0.15, -0.1) is 11.8 Å². The number of esters is 1. The third-order valence-corrected chi connectivity index (χ3v) is 6.23. The number of carbonyl (C=O) groups is 3. The van der Waals surface area contributed by atoms with E-state index in [1.54, 1.807) is 43.5 Å². The summed E-state index contributed by atoms with van der Waals surface area (Å²) in [6, 6.07) is 17.8. The lowest BCUT2D eigenvalue weighted by Crippen LogP contribution is -2.38. The van der Waals surface area contributed by atoms with Crippen LogP contribution in [0.1, 0.15) is 34.7 Å². The van der Waals surface area contributed by atoms with Crippen molar-refractivity contribution in [3.8, 4) is 0 Å². The van der Waals surface area contributed by atoms with Crippen LogP contribution < -0.4 is 10.2 Å². The molecule has 4 rings (SSSR count). The molecule has 32 heavy (non-hydrogen) atoms. The molecule has 1 aliphatic rings. The maximum absolute atomic E-state index is 13.1. The first-order valence-electron chi connectivity index (χ1n) is 10.2. The van der Waals surface area contributed by atoms with E-state index in [2.05, 4.69) is 5.32 Å². The van der Waals surface area contributed by atoms with E-state index in [1.165, 1.54) is 16.7 Å². The number of hydrogen-bond acceptors (Lipinski definition) is 6. The van der Waals surface area contributed by atoms with Gasteiger partial charge >= 0.3 is 5.97 Å². The van der Waals surface area contributed by atoms with Crippen molar-refractivity contribution in [3.05, 3.63) is 78.3 Å². The number of fused-ring (bicyclic) bond motifs is 1. The minimum Gasteiger partial charge on any atom is -0.468 e. The summed E-state index contributed by atoms with van der Waals surface area (Å²) in [7, 11) is 0. The Bertz CT molecular complexity index is 1130. The lowest BCUT2D eigenvalue weighted by molar-refractivity contribution is -0.121. The van der Waals surface area contributed by atoms with Crippen LogP contribution in [0.15, 0.2) is 76.2 Å². The lowest BCUT2D eigenvalue weighted by Gasteiger charge is -2.22. The van der Waals surface area contributed by atoms with Crippen LogP contribution >= 0.6 is 11.8 Å². The predicted molar refractivity (Wildman–Crippen MR) is 122 cm³/mol. The molecule has 0 radical (unpaired) electrons. The number of benzene rings is 2. The van der Waals surface area contributed by atoms with Gasteiger partial charge in [0.2, 0.25) is 11.8 Å². The van der Waals surface area contributed by atoms with Gasteiger partial charge in [-0.05, 0) is 43.3 Å². The zero-order valence-corrected chi connectivity index (χ0v) is 18.3. The fraction of sp³-hybridized carbons (Fsp3) is 0.208. The molecule has 2 heterocycles. The summed E-state index contributed by atoms with van der Waals surface area (Å²) < 4.78 is 10.6. The Morgan fingerprint density at radius 3 is 2.69 bits per heavy atom. The minimum atomic E-state index is -0.516. The van der Waals surface area contributed by atoms with E-state index in [4.69, 9.17) is 9.15 Å². The molecule has 0 unspecified atom stereocenters. The first-order chi connectivity index (χ1) is 15.6. The van der Waals surface area contributed by atoms with E-state index in [9.17, 15) is 14.4 Å². The molecule has 0 spiro atoms. The van der Waals surface area contributed by atoms with Gasteiger partial charge in [0.25, 0.3) is 0 Å². The third kappa shape index (κ3) is 4.70. The third-order valence-electron chi connectivity index (χ3n) is 4.95. The van der Waals surface area contributed by atoms with Gasteiger partial charge in [-0.2, -0.15) is 0 Å². The standard InChI is InChI=1S/C24H22N2O5S/c1-2-30-24(29)16-8-3-4-9-17(16)25-22(27)15-26-18-10-5-6-12-20(18)32-21(14-23(26)28)19-11-7-13-31-19/h3-13,21H,2,14-15H2,1H3,(H,25,27)/t21-/m1/s1. The van der Waals surface area contributed by atoms with E-state index < -0.39 is 11.9 Å². The van der Waals surface area contributed by atoms with Gasteiger partial charge in [0.1, 0.15) is 12.3 Å². The SMILES string of the molecule is CCOC(=O)c1ccccc1NC(=O)CN1C(=O)C[C@H](c2ccco2)Sc2ccccc21. The van der Waals surface area contributed by atoms with Gasteiger partial charge in [0, 0.05) is 11.3 Å². The Labute approximate surface area is 189 Å². The van der Waals surface area contributed by atoms with Crippen molar-refractivity contribution in [1.29, 1.82) is 0 Å². The fourth-order valence-electron chi connectivity index (χ4n) is 3.50. The fourth-order valence-corrected chi connectivity index (χ4v) is 4.74. The van der Waals surface area contributed by atoms with Crippen molar-refractivity contribution in [2.45, 2.75) is 23.5 Å². The predicted octanol–water partition coefficient (Wildman–Crippen LogP) is 4.67. The average molecular weight is 451 g/mol. The second-order valence-electron chi connectivity index (χ2n) is 7.09. The largest absolute Gasteiger partial charge is 0.468 e. The number of carbonyl (C=O) groups excluding carboxylic acids is 3. The Morgan fingerprint density at radius 1 is 1.12 bits per heavy atom. The highest BCUT2D eigenvalue weighted by molar-refractivity contribution is 7.99. The normalized spacial score (nSPS) is 15.6. The molecule has 7 nitrogen and oxygen atoms in total. The molecule has 164 valence electrons. The van der Waals surface area contributed by atoms with Crippen LogP contribution in [-0.2, 0) is 14.3 Å². The quantitative estimate of drug-likeness (QED) is 0.549. The number of nitrogens with zero attached hydrogens (tertiary/aromatic N) is 1. The number of amides is 2. The summed E-state index contributed by atoms with van der Waals surface area (Å²) in [6.07, 6.45) is 1.78. The lowest BCUT2D eigenvalue weighted by atomic mass is 10.1. The van der Waals surface area contributed by atoms with Gasteiger partial charge in [-0.3, -0.25) is 9.59 Å². The van der Waals surface area contributed by atoms with Gasteiger partial charge in [-0.25, -0.2) is 4.79 Å². The molecule has 8 heteroatoms. The van der Waals surface area contributed by atoms with E-state index in [0.29, 0.717) is 17.1 Å². The van der Waals surface area contributed by atoms with Crippen LogP contribution in [-0.4, -0.2) is 30.9 Å². The van der Waals surface area contributed by atoms with E-state index in [1.807, 2.05) is 30.3 Å². The van der Waals surface area contributed by atoms with Crippen molar-refractivity contribution >= 4 is 40.9 Å². The van der Waals surface area contributed by atoms with E-state index in [-0.39, 0.29) is 36.3 Å². The Balaban J connectivity index is 1.56. The maximum atomic E-state index is 13.1. The summed E-state index contributed by atoms with van der Waals surface area (Å²) in [5.74, 6) is -0.394. The summed E-state index contributed by atoms with van der Waals surface area (Å²) in [5, 5.41) is 2.56. The molecular weight excluding hydrogens is 428 g/mol. The second-order valence-corrected chi connectivity index (χ2v) is 8.33. The first kappa shape index (κ1) is 21.7. The Hall–Kier alpha value is -3.52. The summed E-state index contributed by atoms with van der Waals surface area (Å²) in [4.78, 5) is 40.6. The van der Waals surface area contributed by atoms with Crippen molar-refractivity contribution in [1.82, 2.24) is 0 Å². The van der Waals surface area contributed by atoms with Crippen molar-refractivity contribution in [3.63, 3.8) is 0 Å². The number of rotatable bonds is 6. The Kier molecular flexibility index (Phi) is 6.61. The van der Waals surface area contributed by atoms with E-state index >= 15 is 0 Å².